The third-order valence-electron chi connectivity index (χ3n) is 3.19. The Morgan fingerprint density at radius 2 is 1.76 bits per heavy atom. The Hall–Kier alpha value is -2.01. The summed E-state index contributed by atoms with van der Waals surface area (Å²) in [7, 11) is -3.56. The van der Waals surface area contributed by atoms with Crippen LogP contribution in [-0.4, -0.2) is 15.0 Å². The lowest BCUT2D eigenvalue weighted by Gasteiger charge is -2.24. The number of aryl methyl sites for hydroxylation is 1. The molecule has 0 aliphatic carbocycles. The summed E-state index contributed by atoms with van der Waals surface area (Å²) in [5, 5.41) is 0. The van der Waals surface area contributed by atoms with Crippen LogP contribution in [0.3, 0.4) is 0 Å². The lowest BCUT2D eigenvalue weighted by atomic mass is 10.2. The maximum absolute atomic E-state index is 12.9. The van der Waals surface area contributed by atoms with E-state index in [9.17, 15) is 8.42 Å². The number of anilines is 2. The molecule has 0 amide bonds. The van der Waals surface area contributed by atoms with E-state index in [0.717, 1.165) is 12.0 Å². The van der Waals surface area contributed by atoms with Gasteiger partial charge in [-0.25, -0.2) is 8.42 Å². The largest absolute Gasteiger partial charge is 0.399 e. The van der Waals surface area contributed by atoms with E-state index in [1.807, 2.05) is 19.9 Å². The molecule has 0 heterocycles. The minimum Gasteiger partial charge on any atom is -0.399 e. The number of sulfonamides is 1. The average Bonchev–Trinajstić information content (AvgIpc) is 2.46. The Morgan fingerprint density at radius 1 is 1.10 bits per heavy atom. The van der Waals surface area contributed by atoms with E-state index in [1.165, 1.54) is 4.31 Å². The Morgan fingerprint density at radius 3 is 2.33 bits per heavy atom. The number of nitrogen functional groups attached to an aromatic ring is 1. The monoisotopic (exact) mass is 304 g/mol. The zero-order chi connectivity index (χ0) is 15.5. The van der Waals surface area contributed by atoms with Crippen molar-refractivity contribution in [2.75, 3.05) is 16.6 Å². The molecule has 0 atom stereocenters. The summed E-state index contributed by atoms with van der Waals surface area (Å²) in [6.45, 7) is 4.27. The van der Waals surface area contributed by atoms with Crippen LogP contribution in [0.4, 0.5) is 11.4 Å². The Balaban J connectivity index is 2.48. The van der Waals surface area contributed by atoms with Gasteiger partial charge in [0.2, 0.25) is 0 Å². The second kappa shape index (κ2) is 6.18. The second-order valence-electron chi connectivity index (χ2n) is 4.99. The fourth-order valence-corrected chi connectivity index (χ4v) is 3.80. The highest BCUT2D eigenvalue weighted by Gasteiger charge is 2.24. The Kier molecular flexibility index (Phi) is 4.53. The van der Waals surface area contributed by atoms with E-state index in [1.54, 1.807) is 42.5 Å². The summed E-state index contributed by atoms with van der Waals surface area (Å²) >= 11 is 0. The summed E-state index contributed by atoms with van der Waals surface area (Å²) in [6.07, 6.45) is 0.732. The first-order valence-corrected chi connectivity index (χ1v) is 8.34. The summed E-state index contributed by atoms with van der Waals surface area (Å²) in [4.78, 5) is 0.313. The van der Waals surface area contributed by atoms with Crippen molar-refractivity contribution in [2.24, 2.45) is 0 Å². The van der Waals surface area contributed by atoms with Crippen molar-refractivity contribution in [1.82, 2.24) is 0 Å². The van der Waals surface area contributed by atoms with Crippen LogP contribution >= 0.6 is 0 Å². The fraction of sp³-hybridized carbons (Fsp3) is 0.250. The first kappa shape index (κ1) is 15.4. The molecule has 5 heteroatoms. The molecule has 0 aliphatic heterocycles. The summed E-state index contributed by atoms with van der Waals surface area (Å²) in [5.41, 5.74) is 7.84. The normalized spacial score (nSPS) is 11.3. The fourth-order valence-electron chi connectivity index (χ4n) is 2.13. The van der Waals surface area contributed by atoms with Crippen LogP contribution in [0.5, 0.6) is 0 Å². The van der Waals surface area contributed by atoms with E-state index in [4.69, 9.17) is 5.73 Å². The molecule has 0 spiro atoms. The Bertz CT molecular complexity index is 709. The average molecular weight is 304 g/mol. The first-order chi connectivity index (χ1) is 9.95. The summed E-state index contributed by atoms with van der Waals surface area (Å²) in [6, 6.07) is 13.9. The smallest absolute Gasteiger partial charge is 0.264 e. The zero-order valence-corrected chi connectivity index (χ0v) is 13.1. The minimum atomic E-state index is -3.56. The predicted octanol–water partition coefficient (Wildman–Crippen LogP) is 3.18. The Labute approximate surface area is 126 Å². The van der Waals surface area contributed by atoms with E-state index >= 15 is 0 Å². The molecule has 0 aliphatic rings. The molecular formula is C16H20N2O2S. The van der Waals surface area contributed by atoms with Crippen LogP contribution < -0.4 is 10.0 Å². The van der Waals surface area contributed by atoms with Gasteiger partial charge in [0.1, 0.15) is 0 Å². The molecule has 2 aromatic rings. The lowest BCUT2D eigenvalue weighted by Crippen LogP contribution is -2.31. The van der Waals surface area contributed by atoms with Gasteiger partial charge in [-0.3, -0.25) is 4.31 Å². The van der Waals surface area contributed by atoms with E-state index < -0.39 is 10.0 Å². The summed E-state index contributed by atoms with van der Waals surface area (Å²) < 4.78 is 27.1. The lowest BCUT2D eigenvalue weighted by molar-refractivity contribution is 0.590. The van der Waals surface area contributed by atoms with Gasteiger partial charge in [-0.05, 0) is 55.3 Å². The molecule has 0 aromatic heterocycles. The topological polar surface area (TPSA) is 63.4 Å². The van der Waals surface area contributed by atoms with Gasteiger partial charge in [0.05, 0.1) is 10.6 Å². The van der Waals surface area contributed by atoms with Crippen LogP contribution in [0.2, 0.25) is 0 Å². The molecule has 112 valence electrons. The van der Waals surface area contributed by atoms with Gasteiger partial charge in [-0.1, -0.05) is 19.1 Å². The molecule has 4 nitrogen and oxygen atoms in total. The van der Waals surface area contributed by atoms with Crippen molar-refractivity contribution in [3.05, 3.63) is 54.1 Å². The first-order valence-electron chi connectivity index (χ1n) is 6.90. The van der Waals surface area contributed by atoms with Gasteiger partial charge < -0.3 is 5.73 Å². The van der Waals surface area contributed by atoms with Crippen molar-refractivity contribution in [2.45, 2.75) is 25.2 Å². The van der Waals surface area contributed by atoms with Crippen molar-refractivity contribution in [3.63, 3.8) is 0 Å². The standard InChI is InChI=1S/C16H20N2O2S/c1-3-11-18(15-9-7-14(17)8-10-15)21(19,20)16-6-4-5-13(2)12-16/h4-10,12H,3,11,17H2,1-2H3. The van der Waals surface area contributed by atoms with Gasteiger partial charge in [-0.15, -0.1) is 0 Å². The van der Waals surface area contributed by atoms with Gasteiger partial charge in [-0.2, -0.15) is 0 Å². The second-order valence-corrected chi connectivity index (χ2v) is 6.85. The highest BCUT2D eigenvalue weighted by molar-refractivity contribution is 7.92. The molecule has 0 unspecified atom stereocenters. The highest BCUT2D eigenvalue weighted by atomic mass is 32.2. The van der Waals surface area contributed by atoms with E-state index in [0.29, 0.717) is 22.8 Å². The molecule has 2 aromatic carbocycles. The third kappa shape index (κ3) is 3.36. The van der Waals surface area contributed by atoms with Gasteiger partial charge >= 0.3 is 0 Å². The molecule has 21 heavy (non-hydrogen) atoms. The molecular weight excluding hydrogens is 284 g/mol. The van der Waals surface area contributed by atoms with Crippen molar-refractivity contribution in [1.29, 1.82) is 0 Å². The number of nitrogens with zero attached hydrogens (tertiary/aromatic N) is 1. The molecule has 0 radical (unpaired) electrons. The van der Waals surface area contributed by atoms with Crippen LogP contribution in [0.15, 0.2) is 53.4 Å². The van der Waals surface area contributed by atoms with Gasteiger partial charge in [0, 0.05) is 12.2 Å². The highest BCUT2D eigenvalue weighted by Crippen LogP contribution is 2.25. The van der Waals surface area contributed by atoms with Crippen molar-refractivity contribution < 1.29 is 8.42 Å². The van der Waals surface area contributed by atoms with Crippen molar-refractivity contribution in [3.8, 4) is 0 Å². The molecule has 0 fully saturated rings. The zero-order valence-electron chi connectivity index (χ0n) is 12.3. The maximum Gasteiger partial charge on any atom is 0.264 e. The SMILES string of the molecule is CCCN(c1ccc(N)cc1)S(=O)(=O)c1cccc(C)c1. The van der Waals surface area contributed by atoms with Crippen molar-refractivity contribution >= 4 is 21.4 Å². The van der Waals surface area contributed by atoms with Crippen LogP contribution in [0, 0.1) is 6.92 Å². The van der Waals surface area contributed by atoms with Gasteiger partial charge in [0.15, 0.2) is 0 Å². The molecule has 2 rings (SSSR count). The quantitative estimate of drug-likeness (QED) is 0.863. The van der Waals surface area contributed by atoms with Crippen LogP contribution in [0.25, 0.3) is 0 Å². The molecule has 0 saturated heterocycles. The van der Waals surface area contributed by atoms with E-state index in [-0.39, 0.29) is 0 Å². The molecule has 0 saturated carbocycles. The number of rotatable bonds is 5. The van der Waals surface area contributed by atoms with E-state index in [2.05, 4.69) is 0 Å². The molecule has 2 N–H and O–H groups in total. The number of benzene rings is 2. The van der Waals surface area contributed by atoms with Crippen LogP contribution in [0.1, 0.15) is 18.9 Å². The predicted molar refractivity (Wildman–Crippen MR) is 86.9 cm³/mol. The number of hydrogen-bond acceptors (Lipinski definition) is 3. The minimum absolute atomic E-state index is 0.313. The summed E-state index contributed by atoms with van der Waals surface area (Å²) in [5.74, 6) is 0. The number of hydrogen-bond donors (Lipinski definition) is 1. The maximum atomic E-state index is 12.9. The third-order valence-corrected chi connectivity index (χ3v) is 5.01. The number of nitrogens with two attached hydrogens (primary N) is 1. The van der Waals surface area contributed by atoms with Gasteiger partial charge in [0.25, 0.3) is 10.0 Å². The van der Waals surface area contributed by atoms with Crippen LogP contribution in [-0.2, 0) is 10.0 Å². The molecule has 0 bridgehead atoms.